The lowest BCUT2D eigenvalue weighted by atomic mass is 9.94. The third-order valence-corrected chi connectivity index (χ3v) is 9.11. The standard InChI is InChI=1S/C31H25N3O3S2/c1-4-19-13-14-22-23(16-19)38-31(33-22)34-25(21-12-8-9-17(2)15-21)24(27(36)30(34)37)26(35)28-18(3)32-29(39-28)20-10-6-5-7-11-20/h5-16,25,36H,4H2,1-3H3. The van der Waals surface area contributed by atoms with Gasteiger partial charge in [0.15, 0.2) is 10.9 Å². The third kappa shape index (κ3) is 4.35. The van der Waals surface area contributed by atoms with E-state index >= 15 is 0 Å². The summed E-state index contributed by atoms with van der Waals surface area (Å²) in [5, 5.41) is 12.4. The number of rotatable bonds is 6. The summed E-state index contributed by atoms with van der Waals surface area (Å²) in [7, 11) is 0. The van der Waals surface area contributed by atoms with E-state index in [-0.39, 0.29) is 5.57 Å². The average molecular weight is 552 g/mol. The van der Waals surface area contributed by atoms with Crippen molar-refractivity contribution >= 4 is 49.7 Å². The smallest absolute Gasteiger partial charge is 0.296 e. The Balaban J connectivity index is 1.48. The third-order valence-electron chi connectivity index (χ3n) is 6.89. The Morgan fingerprint density at radius 1 is 0.974 bits per heavy atom. The molecule has 8 heteroatoms. The number of hydrogen-bond acceptors (Lipinski definition) is 7. The number of thiazole rings is 2. The summed E-state index contributed by atoms with van der Waals surface area (Å²) < 4.78 is 0.949. The first-order chi connectivity index (χ1) is 18.9. The highest BCUT2D eigenvalue weighted by molar-refractivity contribution is 7.22. The first-order valence-corrected chi connectivity index (χ1v) is 14.3. The van der Waals surface area contributed by atoms with E-state index in [2.05, 4.69) is 18.0 Å². The van der Waals surface area contributed by atoms with Crippen LogP contribution in [0.1, 0.15) is 45.0 Å². The van der Waals surface area contributed by atoms with Crippen molar-refractivity contribution in [2.45, 2.75) is 33.2 Å². The number of carbonyl (C=O) groups is 2. The molecule has 1 atom stereocenters. The Bertz CT molecular complexity index is 1790. The number of nitrogens with zero attached hydrogens (tertiary/aromatic N) is 3. The first kappa shape index (κ1) is 25.2. The van der Waals surface area contributed by atoms with Crippen molar-refractivity contribution in [3.05, 3.63) is 111 Å². The molecule has 39 heavy (non-hydrogen) atoms. The highest BCUT2D eigenvalue weighted by Crippen LogP contribution is 2.45. The summed E-state index contributed by atoms with van der Waals surface area (Å²) in [6.45, 7) is 5.83. The molecule has 0 saturated heterocycles. The number of Topliss-reactive ketones (excluding diaryl/α,β-unsaturated/α-hetero) is 1. The second kappa shape index (κ2) is 9.87. The van der Waals surface area contributed by atoms with Crippen LogP contribution in [0.15, 0.2) is 84.1 Å². The van der Waals surface area contributed by atoms with Crippen LogP contribution in [0.2, 0.25) is 0 Å². The molecule has 3 aromatic carbocycles. The van der Waals surface area contributed by atoms with E-state index in [0.29, 0.717) is 20.7 Å². The van der Waals surface area contributed by atoms with Gasteiger partial charge < -0.3 is 5.11 Å². The Kier molecular flexibility index (Phi) is 6.37. The zero-order chi connectivity index (χ0) is 27.3. The van der Waals surface area contributed by atoms with Crippen LogP contribution in [0.4, 0.5) is 5.13 Å². The van der Waals surface area contributed by atoms with Crippen LogP contribution in [-0.4, -0.2) is 26.8 Å². The lowest BCUT2D eigenvalue weighted by Crippen LogP contribution is -2.31. The Labute approximate surface area is 233 Å². The molecule has 1 N–H and O–H groups in total. The molecule has 0 fully saturated rings. The van der Waals surface area contributed by atoms with Crippen LogP contribution in [0, 0.1) is 13.8 Å². The van der Waals surface area contributed by atoms with Gasteiger partial charge in [0, 0.05) is 5.56 Å². The molecule has 1 amide bonds. The van der Waals surface area contributed by atoms with Crippen LogP contribution in [0.5, 0.6) is 0 Å². The van der Waals surface area contributed by atoms with Crippen molar-refractivity contribution in [1.29, 1.82) is 0 Å². The molecule has 1 aliphatic rings. The quantitative estimate of drug-likeness (QED) is 0.223. The monoisotopic (exact) mass is 551 g/mol. The molecule has 2 aromatic heterocycles. The number of anilines is 1. The SMILES string of the molecule is CCc1ccc2nc(N3C(=O)C(O)=C(C(=O)c4sc(-c5ccccc5)nc4C)C3c3cccc(C)c3)sc2c1. The zero-order valence-electron chi connectivity index (χ0n) is 21.6. The highest BCUT2D eigenvalue weighted by atomic mass is 32.1. The molecule has 0 bridgehead atoms. The number of aryl methyl sites for hydroxylation is 3. The molecule has 0 saturated carbocycles. The molecule has 6 nitrogen and oxygen atoms in total. The van der Waals surface area contributed by atoms with Gasteiger partial charge in [-0.1, -0.05) is 84.5 Å². The Morgan fingerprint density at radius 2 is 1.77 bits per heavy atom. The van der Waals surface area contributed by atoms with E-state index in [1.54, 1.807) is 6.92 Å². The van der Waals surface area contributed by atoms with Gasteiger partial charge in [-0.3, -0.25) is 14.5 Å². The summed E-state index contributed by atoms with van der Waals surface area (Å²) in [6, 6.07) is 22.5. The number of benzene rings is 3. The highest BCUT2D eigenvalue weighted by Gasteiger charge is 2.46. The fraction of sp³-hybridized carbons (Fsp3) is 0.161. The minimum atomic E-state index is -0.821. The van der Waals surface area contributed by atoms with Crippen molar-refractivity contribution in [1.82, 2.24) is 9.97 Å². The predicted molar refractivity (Wildman–Crippen MR) is 157 cm³/mol. The number of hydrogen-bond donors (Lipinski definition) is 1. The molecule has 3 heterocycles. The van der Waals surface area contributed by atoms with Gasteiger partial charge in [0.1, 0.15) is 5.01 Å². The van der Waals surface area contributed by atoms with Crippen LogP contribution in [-0.2, 0) is 11.2 Å². The minimum Gasteiger partial charge on any atom is -0.503 e. The second-order valence-electron chi connectivity index (χ2n) is 9.53. The molecule has 1 aliphatic heterocycles. The summed E-state index contributed by atoms with van der Waals surface area (Å²) in [6.07, 6.45) is 0.887. The molecule has 0 radical (unpaired) electrons. The maximum Gasteiger partial charge on any atom is 0.296 e. The molecule has 5 aromatic rings. The fourth-order valence-electron chi connectivity index (χ4n) is 4.90. The van der Waals surface area contributed by atoms with Gasteiger partial charge in [-0.2, -0.15) is 0 Å². The van der Waals surface area contributed by atoms with Gasteiger partial charge in [0.25, 0.3) is 5.91 Å². The van der Waals surface area contributed by atoms with Crippen LogP contribution >= 0.6 is 22.7 Å². The van der Waals surface area contributed by atoms with Crippen molar-refractivity contribution in [2.24, 2.45) is 0 Å². The summed E-state index contributed by atoms with van der Waals surface area (Å²) >= 11 is 2.65. The van der Waals surface area contributed by atoms with E-state index < -0.39 is 23.5 Å². The Hall–Kier alpha value is -4.14. The summed E-state index contributed by atoms with van der Waals surface area (Å²) in [5.74, 6) is -1.58. The van der Waals surface area contributed by atoms with Gasteiger partial charge in [0.2, 0.25) is 5.78 Å². The van der Waals surface area contributed by atoms with Crippen LogP contribution < -0.4 is 4.90 Å². The van der Waals surface area contributed by atoms with Crippen LogP contribution in [0.25, 0.3) is 20.8 Å². The van der Waals surface area contributed by atoms with Gasteiger partial charge in [-0.15, -0.1) is 11.3 Å². The number of amides is 1. The maximum absolute atomic E-state index is 14.1. The molecule has 1 unspecified atom stereocenters. The molecule has 0 spiro atoms. The normalized spacial score (nSPS) is 15.5. The lowest BCUT2D eigenvalue weighted by Gasteiger charge is -2.24. The minimum absolute atomic E-state index is 0.0467. The summed E-state index contributed by atoms with van der Waals surface area (Å²) in [4.78, 5) is 39.0. The van der Waals surface area contributed by atoms with Crippen molar-refractivity contribution in [2.75, 3.05) is 4.90 Å². The largest absolute Gasteiger partial charge is 0.503 e. The maximum atomic E-state index is 14.1. The van der Waals surface area contributed by atoms with Crippen molar-refractivity contribution in [3.63, 3.8) is 0 Å². The van der Waals surface area contributed by atoms with E-state index in [9.17, 15) is 14.7 Å². The number of fused-ring (bicyclic) bond motifs is 1. The fourth-order valence-corrected chi connectivity index (χ4v) is 6.99. The van der Waals surface area contributed by atoms with Gasteiger partial charge in [-0.05, 0) is 43.5 Å². The van der Waals surface area contributed by atoms with Gasteiger partial charge >= 0.3 is 0 Å². The number of aromatic nitrogens is 2. The summed E-state index contributed by atoms with van der Waals surface area (Å²) in [5.41, 5.74) is 5.17. The average Bonchev–Trinajstić information content (AvgIpc) is 3.62. The Morgan fingerprint density at radius 3 is 2.51 bits per heavy atom. The zero-order valence-corrected chi connectivity index (χ0v) is 23.3. The lowest BCUT2D eigenvalue weighted by molar-refractivity contribution is -0.117. The van der Waals surface area contributed by atoms with E-state index in [1.165, 1.54) is 33.1 Å². The molecule has 0 aliphatic carbocycles. The number of aliphatic hydroxyl groups excluding tert-OH is 1. The molecular formula is C31H25N3O3S2. The number of ketones is 1. The molecule has 6 rings (SSSR count). The van der Waals surface area contributed by atoms with E-state index in [4.69, 9.17) is 4.98 Å². The predicted octanol–water partition coefficient (Wildman–Crippen LogP) is 7.38. The van der Waals surface area contributed by atoms with Crippen LogP contribution in [0.3, 0.4) is 0 Å². The van der Waals surface area contributed by atoms with E-state index in [1.807, 2.05) is 73.7 Å². The second-order valence-corrected chi connectivity index (χ2v) is 11.5. The first-order valence-electron chi connectivity index (χ1n) is 12.7. The number of aliphatic hydroxyl groups is 1. The molecule has 194 valence electrons. The van der Waals surface area contributed by atoms with Crippen molar-refractivity contribution in [3.8, 4) is 10.6 Å². The number of carbonyl (C=O) groups excluding carboxylic acids is 2. The van der Waals surface area contributed by atoms with Gasteiger partial charge in [-0.25, -0.2) is 9.97 Å². The van der Waals surface area contributed by atoms with E-state index in [0.717, 1.165) is 33.3 Å². The molecular weight excluding hydrogens is 526 g/mol. The van der Waals surface area contributed by atoms with Crippen molar-refractivity contribution < 1.29 is 14.7 Å². The topological polar surface area (TPSA) is 83.4 Å². The van der Waals surface area contributed by atoms with Gasteiger partial charge in [0.05, 0.1) is 32.4 Å².